The molecule has 5 heteroatoms. The third-order valence-electron chi connectivity index (χ3n) is 2.72. The summed E-state index contributed by atoms with van der Waals surface area (Å²) in [6.45, 7) is 1.99. The first-order valence-electron chi connectivity index (χ1n) is 5.81. The van der Waals surface area contributed by atoms with Crippen LogP contribution in [0.4, 0.5) is 5.82 Å². The average molecular weight is 320 g/mol. The zero-order valence-corrected chi connectivity index (χ0v) is 12.0. The average Bonchev–Trinajstić information content (AvgIpc) is 2.41. The van der Waals surface area contributed by atoms with Crippen molar-refractivity contribution in [1.82, 2.24) is 4.98 Å². The zero-order chi connectivity index (χ0) is 13.8. The number of aryl methyl sites for hydroxylation is 1. The van der Waals surface area contributed by atoms with Gasteiger partial charge in [-0.05, 0) is 40.5 Å². The Labute approximate surface area is 120 Å². The summed E-state index contributed by atoms with van der Waals surface area (Å²) >= 11 is 3.32. The lowest BCUT2D eigenvalue weighted by molar-refractivity contribution is -0.117. The van der Waals surface area contributed by atoms with Gasteiger partial charge in [-0.3, -0.25) is 4.79 Å². The topological polar surface area (TPSA) is 68.0 Å². The Hall–Kier alpha value is -1.72. The first-order chi connectivity index (χ1) is 9.08. The van der Waals surface area contributed by atoms with Crippen LogP contribution in [0.3, 0.4) is 0 Å². The van der Waals surface area contributed by atoms with Gasteiger partial charge >= 0.3 is 0 Å². The molecular weight excluding hydrogens is 306 g/mol. The molecule has 2 aromatic rings. The molecule has 0 spiro atoms. The van der Waals surface area contributed by atoms with Crippen LogP contribution in [0.15, 0.2) is 47.1 Å². The molecule has 1 amide bonds. The fourth-order valence-corrected chi connectivity index (χ4v) is 1.95. The van der Waals surface area contributed by atoms with E-state index < -0.39 is 6.04 Å². The van der Waals surface area contributed by atoms with Gasteiger partial charge in [0.2, 0.25) is 5.91 Å². The number of hydrogen-bond acceptors (Lipinski definition) is 3. The maximum atomic E-state index is 12.1. The summed E-state index contributed by atoms with van der Waals surface area (Å²) in [5.74, 6) is 0.179. The summed E-state index contributed by atoms with van der Waals surface area (Å²) in [5.41, 5.74) is 7.83. The van der Waals surface area contributed by atoms with Crippen LogP contribution in [0.2, 0.25) is 0 Å². The van der Waals surface area contributed by atoms with E-state index in [0.717, 1.165) is 15.6 Å². The predicted octanol–water partition coefficient (Wildman–Crippen LogP) is 2.79. The Morgan fingerprint density at radius 1 is 1.32 bits per heavy atom. The molecule has 1 atom stereocenters. The van der Waals surface area contributed by atoms with Gasteiger partial charge in [0, 0.05) is 6.20 Å². The minimum atomic E-state index is -0.713. The minimum absolute atomic E-state index is 0.289. The van der Waals surface area contributed by atoms with Crippen molar-refractivity contribution in [3.05, 3.63) is 58.2 Å². The molecule has 0 saturated carbocycles. The summed E-state index contributed by atoms with van der Waals surface area (Å²) in [6.07, 6.45) is 1.61. The van der Waals surface area contributed by atoms with Gasteiger partial charge in [0.15, 0.2) is 0 Å². The Bertz CT molecular complexity index is 583. The highest BCUT2D eigenvalue weighted by molar-refractivity contribution is 9.10. The van der Waals surface area contributed by atoms with Crippen molar-refractivity contribution in [1.29, 1.82) is 0 Å². The third kappa shape index (κ3) is 3.39. The zero-order valence-electron chi connectivity index (χ0n) is 10.4. The number of carbonyl (C=O) groups excluding carboxylic acids is 1. The van der Waals surface area contributed by atoms with E-state index in [1.807, 2.05) is 31.2 Å². The Balaban J connectivity index is 2.12. The van der Waals surface area contributed by atoms with E-state index in [4.69, 9.17) is 5.73 Å². The number of anilines is 1. The lowest BCUT2D eigenvalue weighted by atomic mass is 10.1. The monoisotopic (exact) mass is 319 g/mol. The Morgan fingerprint density at radius 3 is 2.63 bits per heavy atom. The summed E-state index contributed by atoms with van der Waals surface area (Å²) in [4.78, 5) is 16.1. The van der Waals surface area contributed by atoms with E-state index >= 15 is 0 Å². The summed E-state index contributed by atoms with van der Waals surface area (Å²) in [6, 6.07) is 10.4. The number of nitrogens with one attached hydrogen (secondary N) is 1. The van der Waals surface area contributed by atoms with Gasteiger partial charge in [-0.1, -0.05) is 29.8 Å². The normalized spacial score (nSPS) is 11.9. The molecule has 0 bridgehead atoms. The van der Waals surface area contributed by atoms with Crippen molar-refractivity contribution >= 4 is 27.7 Å². The Morgan fingerprint density at radius 2 is 2.00 bits per heavy atom. The van der Waals surface area contributed by atoms with Crippen molar-refractivity contribution in [2.24, 2.45) is 5.73 Å². The number of halogens is 1. The molecule has 3 N–H and O–H groups in total. The van der Waals surface area contributed by atoms with Gasteiger partial charge in [-0.25, -0.2) is 4.98 Å². The molecule has 2 rings (SSSR count). The van der Waals surface area contributed by atoms with Crippen molar-refractivity contribution < 1.29 is 4.79 Å². The summed E-state index contributed by atoms with van der Waals surface area (Å²) in [5, 5.41) is 2.70. The van der Waals surface area contributed by atoms with Gasteiger partial charge in [0.1, 0.15) is 11.9 Å². The number of pyridine rings is 1. The molecule has 4 nitrogen and oxygen atoms in total. The molecule has 1 heterocycles. The van der Waals surface area contributed by atoms with E-state index in [1.165, 1.54) is 0 Å². The van der Waals surface area contributed by atoms with E-state index in [2.05, 4.69) is 26.2 Å². The summed E-state index contributed by atoms with van der Waals surface area (Å²) < 4.78 is 0.722. The molecule has 0 radical (unpaired) electrons. The van der Waals surface area contributed by atoms with E-state index in [-0.39, 0.29) is 5.91 Å². The molecule has 0 fully saturated rings. The lowest BCUT2D eigenvalue weighted by Crippen LogP contribution is -2.28. The van der Waals surface area contributed by atoms with Crippen LogP contribution < -0.4 is 11.1 Å². The van der Waals surface area contributed by atoms with Crippen molar-refractivity contribution in [2.75, 3.05) is 5.32 Å². The van der Waals surface area contributed by atoms with E-state index in [9.17, 15) is 4.79 Å². The van der Waals surface area contributed by atoms with Crippen LogP contribution in [-0.2, 0) is 4.79 Å². The molecule has 0 aliphatic heterocycles. The van der Waals surface area contributed by atoms with Crippen LogP contribution in [0, 0.1) is 6.92 Å². The van der Waals surface area contributed by atoms with Gasteiger partial charge < -0.3 is 11.1 Å². The highest BCUT2D eigenvalue weighted by Gasteiger charge is 2.17. The molecule has 19 heavy (non-hydrogen) atoms. The quantitative estimate of drug-likeness (QED) is 0.914. The number of carbonyl (C=O) groups is 1. The van der Waals surface area contributed by atoms with Crippen LogP contribution in [0.1, 0.15) is 17.2 Å². The van der Waals surface area contributed by atoms with Gasteiger partial charge in [0.05, 0.1) is 4.47 Å². The SMILES string of the molecule is Cc1ccc(C(N)C(=O)Nc2ncccc2Br)cc1. The van der Waals surface area contributed by atoms with Gasteiger partial charge in [-0.15, -0.1) is 0 Å². The largest absolute Gasteiger partial charge is 0.316 e. The number of hydrogen-bond donors (Lipinski definition) is 2. The van der Waals surface area contributed by atoms with Crippen molar-refractivity contribution in [3.8, 4) is 0 Å². The Kier molecular flexibility index (Phi) is 4.29. The second-order valence-electron chi connectivity index (χ2n) is 4.21. The maximum absolute atomic E-state index is 12.1. The first kappa shape index (κ1) is 13.7. The van der Waals surface area contributed by atoms with E-state index in [0.29, 0.717) is 5.82 Å². The fourth-order valence-electron chi connectivity index (χ4n) is 1.60. The molecule has 0 saturated heterocycles. The molecule has 1 aromatic heterocycles. The molecule has 1 unspecified atom stereocenters. The van der Waals surface area contributed by atoms with Crippen LogP contribution in [0.5, 0.6) is 0 Å². The van der Waals surface area contributed by atoms with Crippen molar-refractivity contribution in [3.63, 3.8) is 0 Å². The minimum Gasteiger partial charge on any atom is -0.316 e. The number of rotatable bonds is 3. The third-order valence-corrected chi connectivity index (χ3v) is 3.36. The molecule has 0 aliphatic carbocycles. The molecule has 1 aromatic carbocycles. The van der Waals surface area contributed by atoms with Crippen LogP contribution >= 0.6 is 15.9 Å². The predicted molar refractivity (Wildman–Crippen MR) is 78.7 cm³/mol. The highest BCUT2D eigenvalue weighted by Crippen LogP contribution is 2.20. The second-order valence-corrected chi connectivity index (χ2v) is 5.07. The standard InChI is InChI=1S/C14H14BrN3O/c1-9-4-6-10(7-5-9)12(16)14(19)18-13-11(15)3-2-8-17-13/h2-8,12H,16H2,1H3,(H,17,18,19). The van der Waals surface area contributed by atoms with Crippen LogP contribution in [-0.4, -0.2) is 10.9 Å². The molecule has 0 aliphatic rings. The van der Waals surface area contributed by atoms with Gasteiger partial charge in [-0.2, -0.15) is 0 Å². The number of amides is 1. The fraction of sp³-hybridized carbons (Fsp3) is 0.143. The number of nitrogens with zero attached hydrogens (tertiary/aromatic N) is 1. The molecular formula is C14H14BrN3O. The number of benzene rings is 1. The maximum Gasteiger partial charge on any atom is 0.247 e. The first-order valence-corrected chi connectivity index (χ1v) is 6.61. The van der Waals surface area contributed by atoms with Crippen molar-refractivity contribution in [2.45, 2.75) is 13.0 Å². The summed E-state index contributed by atoms with van der Waals surface area (Å²) in [7, 11) is 0. The smallest absolute Gasteiger partial charge is 0.247 e. The number of nitrogens with two attached hydrogens (primary N) is 1. The highest BCUT2D eigenvalue weighted by atomic mass is 79.9. The number of aromatic nitrogens is 1. The van der Waals surface area contributed by atoms with Crippen LogP contribution in [0.25, 0.3) is 0 Å². The molecule has 98 valence electrons. The second kappa shape index (κ2) is 5.95. The van der Waals surface area contributed by atoms with Gasteiger partial charge in [0.25, 0.3) is 0 Å². The van der Waals surface area contributed by atoms with E-state index in [1.54, 1.807) is 18.3 Å². The lowest BCUT2D eigenvalue weighted by Gasteiger charge is -2.13.